The number of aromatic hydroxyl groups is 1. The first-order valence-corrected chi connectivity index (χ1v) is 5.41. The van der Waals surface area contributed by atoms with Crippen molar-refractivity contribution in [3.8, 4) is 11.5 Å². The van der Waals surface area contributed by atoms with Gasteiger partial charge in [0.25, 0.3) is 0 Å². The van der Waals surface area contributed by atoms with Gasteiger partial charge in [0.2, 0.25) is 0 Å². The molecule has 0 aliphatic heterocycles. The van der Waals surface area contributed by atoms with Crippen LogP contribution in [-0.2, 0) is 6.61 Å². The highest BCUT2D eigenvalue weighted by molar-refractivity contribution is 5.50. The predicted molar refractivity (Wildman–Crippen MR) is 65.5 cm³/mol. The minimum absolute atomic E-state index is 0.0830. The topological polar surface area (TPSA) is 72.6 Å². The number of nitrogens with zero attached hydrogens (tertiary/aromatic N) is 1. The van der Waals surface area contributed by atoms with Crippen LogP contribution in [0.1, 0.15) is 5.56 Å². The third kappa shape index (κ3) is 2.98. The Morgan fingerprint density at radius 1 is 1.26 bits per heavy atom. The summed E-state index contributed by atoms with van der Waals surface area (Å²) in [5.74, 6) is -1.85. The van der Waals surface area contributed by atoms with Crippen molar-refractivity contribution in [2.45, 2.75) is 6.61 Å². The number of phenolic OH excluding ortho intramolecular Hbond substituents is 1. The van der Waals surface area contributed by atoms with Gasteiger partial charge in [-0.05, 0) is 5.56 Å². The van der Waals surface area contributed by atoms with E-state index in [1.165, 1.54) is 0 Å². The number of ether oxygens (including phenoxy) is 1. The highest BCUT2D eigenvalue weighted by Gasteiger charge is 2.18. The molecule has 19 heavy (non-hydrogen) atoms. The van der Waals surface area contributed by atoms with Crippen molar-refractivity contribution < 1.29 is 19.2 Å². The molecule has 0 aliphatic carbocycles. The van der Waals surface area contributed by atoms with E-state index < -0.39 is 22.2 Å². The Morgan fingerprint density at radius 3 is 2.58 bits per heavy atom. The van der Waals surface area contributed by atoms with Gasteiger partial charge in [-0.15, -0.1) is 0 Å². The van der Waals surface area contributed by atoms with Crippen LogP contribution in [0.2, 0.25) is 0 Å². The molecule has 2 aromatic carbocycles. The van der Waals surface area contributed by atoms with Gasteiger partial charge in [0.05, 0.1) is 11.0 Å². The largest absolute Gasteiger partial charge is 0.502 e. The van der Waals surface area contributed by atoms with Crippen LogP contribution in [0.15, 0.2) is 42.5 Å². The smallest absolute Gasteiger partial charge is 0.314 e. The number of hydrogen-bond donors (Lipinski definition) is 1. The first kappa shape index (κ1) is 12.8. The molecule has 0 amide bonds. The number of phenols is 1. The lowest BCUT2D eigenvalue weighted by Crippen LogP contribution is -1.99. The molecule has 5 nitrogen and oxygen atoms in total. The zero-order valence-electron chi connectivity index (χ0n) is 9.75. The SMILES string of the molecule is O=[N+]([O-])c1cc(OCc2ccccc2)c(F)cc1O. The Morgan fingerprint density at radius 2 is 1.95 bits per heavy atom. The summed E-state index contributed by atoms with van der Waals surface area (Å²) >= 11 is 0. The summed E-state index contributed by atoms with van der Waals surface area (Å²) in [6.07, 6.45) is 0. The minimum atomic E-state index is -0.848. The zero-order chi connectivity index (χ0) is 13.8. The molecule has 0 aromatic heterocycles. The quantitative estimate of drug-likeness (QED) is 0.679. The van der Waals surface area contributed by atoms with Crippen LogP contribution in [0.25, 0.3) is 0 Å². The number of benzene rings is 2. The number of hydrogen-bond acceptors (Lipinski definition) is 4. The van der Waals surface area contributed by atoms with E-state index >= 15 is 0 Å². The summed E-state index contributed by atoms with van der Waals surface area (Å²) in [6.45, 7) is 0.0830. The highest BCUT2D eigenvalue weighted by Crippen LogP contribution is 2.32. The maximum Gasteiger partial charge on any atom is 0.314 e. The van der Waals surface area contributed by atoms with Gasteiger partial charge >= 0.3 is 5.69 Å². The average Bonchev–Trinajstić information content (AvgIpc) is 2.38. The zero-order valence-corrected chi connectivity index (χ0v) is 9.75. The highest BCUT2D eigenvalue weighted by atomic mass is 19.1. The number of nitro benzene ring substituents is 1. The van der Waals surface area contributed by atoms with Crippen LogP contribution in [0.4, 0.5) is 10.1 Å². The lowest BCUT2D eigenvalue weighted by Gasteiger charge is -2.07. The van der Waals surface area contributed by atoms with Crippen molar-refractivity contribution in [3.63, 3.8) is 0 Å². The molecule has 0 spiro atoms. The maximum absolute atomic E-state index is 13.5. The van der Waals surface area contributed by atoms with E-state index in [-0.39, 0.29) is 12.4 Å². The Labute approximate surface area is 108 Å². The fourth-order valence-corrected chi connectivity index (χ4v) is 1.52. The first-order chi connectivity index (χ1) is 9.08. The molecule has 98 valence electrons. The van der Waals surface area contributed by atoms with Gasteiger partial charge < -0.3 is 9.84 Å². The summed E-state index contributed by atoms with van der Waals surface area (Å²) < 4.78 is 18.7. The van der Waals surface area contributed by atoms with Gasteiger partial charge in [0.15, 0.2) is 17.3 Å². The number of halogens is 1. The second-order valence-corrected chi connectivity index (χ2v) is 3.80. The second-order valence-electron chi connectivity index (χ2n) is 3.80. The molecule has 2 rings (SSSR count). The summed E-state index contributed by atoms with van der Waals surface area (Å²) in [4.78, 5) is 9.83. The molecule has 0 heterocycles. The van der Waals surface area contributed by atoms with Crippen LogP contribution in [0, 0.1) is 15.9 Å². The van der Waals surface area contributed by atoms with Crippen LogP contribution >= 0.6 is 0 Å². The van der Waals surface area contributed by atoms with Crippen molar-refractivity contribution in [3.05, 3.63) is 64.0 Å². The molecule has 0 atom stereocenters. The third-order valence-electron chi connectivity index (χ3n) is 2.46. The molecule has 2 aromatic rings. The Hall–Kier alpha value is -2.63. The van der Waals surface area contributed by atoms with E-state index in [1.807, 2.05) is 6.07 Å². The molecule has 0 unspecified atom stereocenters. The van der Waals surface area contributed by atoms with Crippen LogP contribution in [0.5, 0.6) is 11.5 Å². The molecule has 0 bridgehead atoms. The maximum atomic E-state index is 13.5. The molecule has 0 saturated carbocycles. The molecule has 6 heteroatoms. The van der Waals surface area contributed by atoms with Gasteiger partial charge in [0.1, 0.15) is 6.61 Å². The van der Waals surface area contributed by atoms with Gasteiger partial charge in [-0.1, -0.05) is 30.3 Å². The number of rotatable bonds is 4. The second kappa shape index (κ2) is 5.34. The summed E-state index contributed by atoms with van der Waals surface area (Å²) in [6, 6.07) is 10.5. The van der Waals surface area contributed by atoms with Gasteiger partial charge in [0, 0.05) is 6.07 Å². The van der Waals surface area contributed by atoms with Crippen LogP contribution < -0.4 is 4.74 Å². The fraction of sp³-hybridized carbons (Fsp3) is 0.0769. The normalized spacial score (nSPS) is 10.2. The lowest BCUT2D eigenvalue weighted by molar-refractivity contribution is -0.386. The van der Waals surface area contributed by atoms with E-state index in [0.717, 1.165) is 11.6 Å². The summed E-state index contributed by atoms with van der Waals surface area (Å²) in [7, 11) is 0. The molecule has 0 aliphatic rings. The summed E-state index contributed by atoms with van der Waals surface area (Å²) in [5, 5.41) is 19.9. The Bertz CT molecular complexity index is 601. The van der Waals surface area contributed by atoms with Crippen LogP contribution in [0.3, 0.4) is 0 Å². The van der Waals surface area contributed by atoms with E-state index in [2.05, 4.69) is 0 Å². The monoisotopic (exact) mass is 263 g/mol. The van der Waals surface area contributed by atoms with Gasteiger partial charge in [-0.2, -0.15) is 0 Å². The lowest BCUT2D eigenvalue weighted by atomic mass is 10.2. The number of nitro groups is 1. The van der Waals surface area contributed by atoms with E-state index in [1.54, 1.807) is 24.3 Å². The molecule has 1 N–H and O–H groups in total. The van der Waals surface area contributed by atoms with Crippen molar-refractivity contribution >= 4 is 5.69 Å². The summed E-state index contributed by atoms with van der Waals surface area (Å²) in [5.41, 5.74) is 0.210. The van der Waals surface area contributed by atoms with Crippen molar-refractivity contribution in [1.82, 2.24) is 0 Å². The Kier molecular flexibility index (Phi) is 3.61. The first-order valence-electron chi connectivity index (χ1n) is 5.41. The van der Waals surface area contributed by atoms with E-state index in [4.69, 9.17) is 4.74 Å². The van der Waals surface area contributed by atoms with Gasteiger partial charge in [-0.25, -0.2) is 4.39 Å². The molecular weight excluding hydrogens is 253 g/mol. The van der Waals surface area contributed by atoms with Crippen LogP contribution in [-0.4, -0.2) is 10.0 Å². The third-order valence-corrected chi connectivity index (χ3v) is 2.46. The molecule has 0 fully saturated rings. The van der Waals surface area contributed by atoms with Gasteiger partial charge in [-0.3, -0.25) is 10.1 Å². The van der Waals surface area contributed by atoms with Crippen molar-refractivity contribution in [2.24, 2.45) is 0 Å². The molecular formula is C13H10FNO4. The van der Waals surface area contributed by atoms with Crippen molar-refractivity contribution in [2.75, 3.05) is 0 Å². The average molecular weight is 263 g/mol. The van der Waals surface area contributed by atoms with Crippen molar-refractivity contribution in [1.29, 1.82) is 0 Å². The van der Waals surface area contributed by atoms with E-state index in [9.17, 15) is 19.6 Å². The minimum Gasteiger partial charge on any atom is -0.502 e. The van der Waals surface area contributed by atoms with E-state index in [0.29, 0.717) is 6.07 Å². The predicted octanol–water partition coefficient (Wildman–Crippen LogP) is 3.02. The standard InChI is InChI=1S/C13H10FNO4/c14-10-6-12(16)11(15(17)18)7-13(10)19-8-9-4-2-1-3-5-9/h1-7,16H,8H2. The molecule has 0 radical (unpaired) electrons. The molecule has 0 saturated heterocycles. The Balaban J connectivity index is 2.21. The fourth-order valence-electron chi connectivity index (χ4n) is 1.52.